The van der Waals surface area contributed by atoms with E-state index in [1.165, 1.54) is 12.5 Å². The Morgan fingerprint density at radius 1 is 1.13 bits per heavy atom. The molecule has 0 saturated heterocycles. The standard InChI is InChI=1S/C18H16N2O3/c21-17(16-8-10-22-13-16)20-11-15-7-4-9-19-18(15)23-12-14-5-2-1-3-6-14/h1-10,13H,11-12H2,(H,20,21). The van der Waals surface area contributed by atoms with E-state index >= 15 is 0 Å². The van der Waals surface area contributed by atoms with Gasteiger partial charge in [-0.15, -0.1) is 0 Å². The Balaban J connectivity index is 1.62. The Kier molecular flexibility index (Phi) is 4.69. The number of ether oxygens (including phenoxy) is 1. The molecule has 0 radical (unpaired) electrons. The van der Waals surface area contributed by atoms with Gasteiger partial charge in [-0.25, -0.2) is 4.98 Å². The molecule has 5 nitrogen and oxygen atoms in total. The first-order valence-corrected chi connectivity index (χ1v) is 7.24. The van der Waals surface area contributed by atoms with Gasteiger partial charge < -0.3 is 14.5 Å². The van der Waals surface area contributed by atoms with Crippen molar-refractivity contribution in [2.45, 2.75) is 13.2 Å². The SMILES string of the molecule is O=C(NCc1cccnc1OCc1ccccc1)c1ccoc1. The number of amides is 1. The maximum atomic E-state index is 11.9. The molecule has 3 rings (SSSR count). The maximum absolute atomic E-state index is 11.9. The highest BCUT2D eigenvalue weighted by atomic mass is 16.5. The van der Waals surface area contributed by atoms with Gasteiger partial charge in [0.25, 0.3) is 5.91 Å². The monoisotopic (exact) mass is 308 g/mol. The van der Waals surface area contributed by atoms with Gasteiger partial charge in [0.1, 0.15) is 12.9 Å². The normalized spacial score (nSPS) is 10.3. The molecule has 1 aromatic carbocycles. The Morgan fingerprint density at radius 3 is 2.78 bits per heavy atom. The summed E-state index contributed by atoms with van der Waals surface area (Å²) in [5, 5.41) is 2.82. The first-order chi connectivity index (χ1) is 11.3. The van der Waals surface area contributed by atoms with Crippen molar-refractivity contribution in [3.05, 3.63) is 83.9 Å². The van der Waals surface area contributed by atoms with Gasteiger partial charge in [0.15, 0.2) is 0 Å². The number of carbonyl (C=O) groups excluding carboxylic acids is 1. The molecule has 1 N–H and O–H groups in total. The van der Waals surface area contributed by atoms with Crippen LogP contribution in [0.2, 0.25) is 0 Å². The lowest BCUT2D eigenvalue weighted by Crippen LogP contribution is -2.22. The molecule has 116 valence electrons. The third-order valence-corrected chi connectivity index (χ3v) is 3.29. The lowest BCUT2D eigenvalue weighted by Gasteiger charge is -2.11. The number of pyridine rings is 1. The lowest BCUT2D eigenvalue weighted by molar-refractivity contribution is 0.0950. The Hall–Kier alpha value is -3.08. The summed E-state index contributed by atoms with van der Waals surface area (Å²) in [6.07, 6.45) is 4.54. The Morgan fingerprint density at radius 2 is 2.00 bits per heavy atom. The summed E-state index contributed by atoms with van der Waals surface area (Å²) in [5.74, 6) is 0.320. The average Bonchev–Trinajstić information content (AvgIpc) is 3.14. The molecule has 2 heterocycles. The molecule has 0 saturated carbocycles. The third kappa shape index (κ3) is 3.97. The summed E-state index contributed by atoms with van der Waals surface area (Å²) >= 11 is 0. The van der Waals surface area contributed by atoms with Crippen molar-refractivity contribution in [3.63, 3.8) is 0 Å². The first kappa shape index (κ1) is 14.8. The van der Waals surface area contributed by atoms with Gasteiger partial charge in [-0.2, -0.15) is 0 Å². The van der Waals surface area contributed by atoms with Crippen molar-refractivity contribution < 1.29 is 13.9 Å². The van der Waals surface area contributed by atoms with Crippen LogP contribution >= 0.6 is 0 Å². The smallest absolute Gasteiger partial charge is 0.254 e. The molecular formula is C18H16N2O3. The van der Waals surface area contributed by atoms with Gasteiger partial charge in [-0.1, -0.05) is 36.4 Å². The minimum atomic E-state index is -0.198. The number of hydrogen-bond acceptors (Lipinski definition) is 4. The number of benzene rings is 1. The number of carbonyl (C=O) groups is 1. The van der Waals surface area contributed by atoms with Crippen LogP contribution in [0.5, 0.6) is 5.88 Å². The second-order valence-electron chi connectivity index (χ2n) is 4.94. The Labute approximate surface area is 133 Å². The zero-order valence-corrected chi connectivity index (χ0v) is 12.4. The number of furan rings is 1. The van der Waals surface area contributed by atoms with Gasteiger partial charge in [0.2, 0.25) is 5.88 Å². The van der Waals surface area contributed by atoms with E-state index in [0.717, 1.165) is 11.1 Å². The summed E-state index contributed by atoms with van der Waals surface area (Å²) in [5.41, 5.74) is 2.37. The number of rotatable bonds is 6. The number of nitrogens with one attached hydrogen (secondary N) is 1. The number of hydrogen-bond donors (Lipinski definition) is 1. The number of nitrogens with zero attached hydrogens (tertiary/aromatic N) is 1. The minimum absolute atomic E-state index is 0.198. The van der Waals surface area contributed by atoms with Crippen LogP contribution in [0.1, 0.15) is 21.5 Å². The summed E-state index contributed by atoms with van der Waals surface area (Å²) < 4.78 is 10.7. The summed E-state index contributed by atoms with van der Waals surface area (Å²) in [7, 11) is 0. The van der Waals surface area contributed by atoms with Crippen LogP contribution in [0.25, 0.3) is 0 Å². The van der Waals surface area contributed by atoms with E-state index in [4.69, 9.17) is 9.15 Å². The molecule has 23 heavy (non-hydrogen) atoms. The van der Waals surface area contributed by atoms with Crippen LogP contribution in [0.15, 0.2) is 71.7 Å². The molecule has 0 spiro atoms. The van der Waals surface area contributed by atoms with E-state index < -0.39 is 0 Å². The topological polar surface area (TPSA) is 64.4 Å². The molecule has 2 aromatic heterocycles. The predicted molar refractivity (Wildman–Crippen MR) is 84.9 cm³/mol. The number of aromatic nitrogens is 1. The highest BCUT2D eigenvalue weighted by molar-refractivity contribution is 5.93. The van der Waals surface area contributed by atoms with E-state index in [1.54, 1.807) is 12.3 Å². The summed E-state index contributed by atoms with van der Waals surface area (Å²) in [4.78, 5) is 16.2. The average molecular weight is 308 g/mol. The van der Waals surface area contributed by atoms with E-state index in [9.17, 15) is 4.79 Å². The molecule has 3 aromatic rings. The van der Waals surface area contributed by atoms with Crippen LogP contribution in [-0.2, 0) is 13.2 Å². The highest BCUT2D eigenvalue weighted by Gasteiger charge is 2.09. The van der Waals surface area contributed by atoms with Crippen LogP contribution in [0.3, 0.4) is 0 Å². The van der Waals surface area contributed by atoms with E-state index in [-0.39, 0.29) is 5.91 Å². The third-order valence-electron chi connectivity index (χ3n) is 3.29. The molecular weight excluding hydrogens is 292 g/mol. The van der Waals surface area contributed by atoms with Gasteiger partial charge in [-0.05, 0) is 17.7 Å². The van der Waals surface area contributed by atoms with Gasteiger partial charge in [-0.3, -0.25) is 4.79 Å². The van der Waals surface area contributed by atoms with Gasteiger partial charge in [0, 0.05) is 18.3 Å². The van der Waals surface area contributed by atoms with Crippen molar-refractivity contribution >= 4 is 5.91 Å². The molecule has 0 unspecified atom stereocenters. The maximum Gasteiger partial charge on any atom is 0.254 e. The molecule has 0 aliphatic heterocycles. The molecule has 5 heteroatoms. The zero-order valence-electron chi connectivity index (χ0n) is 12.4. The van der Waals surface area contributed by atoms with Gasteiger partial charge in [0.05, 0.1) is 11.8 Å². The fourth-order valence-corrected chi connectivity index (χ4v) is 2.09. The summed E-state index contributed by atoms with van der Waals surface area (Å²) in [6, 6.07) is 15.2. The van der Waals surface area contributed by atoms with E-state index in [0.29, 0.717) is 24.6 Å². The van der Waals surface area contributed by atoms with Crippen molar-refractivity contribution in [1.29, 1.82) is 0 Å². The molecule has 0 bridgehead atoms. The van der Waals surface area contributed by atoms with Crippen LogP contribution < -0.4 is 10.1 Å². The van der Waals surface area contributed by atoms with Gasteiger partial charge >= 0.3 is 0 Å². The largest absolute Gasteiger partial charge is 0.473 e. The fraction of sp³-hybridized carbons (Fsp3) is 0.111. The molecule has 1 amide bonds. The zero-order chi connectivity index (χ0) is 15.9. The Bertz CT molecular complexity index is 755. The second-order valence-corrected chi connectivity index (χ2v) is 4.94. The van der Waals surface area contributed by atoms with Crippen molar-refractivity contribution in [2.24, 2.45) is 0 Å². The molecule has 0 fully saturated rings. The highest BCUT2D eigenvalue weighted by Crippen LogP contribution is 2.16. The molecule has 0 atom stereocenters. The first-order valence-electron chi connectivity index (χ1n) is 7.24. The van der Waals surface area contributed by atoms with Crippen LogP contribution in [-0.4, -0.2) is 10.9 Å². The minimum Gasteiger partial charge on any atom is -0.473 e. The summed E-state index contributed by atoms with van der Waals surface area (Å²) in [6.45, 7) is 0.766. The second kappa shape index (κ2) is 7.26. The van der Waals surface area contributed by atoms with Crippen LogP contribution in [0.4, 0.5) is 0 Å². The predicted octanol–water partition coefficient (Wildman–Crippen LogP) is 3.18. The molecule has 0 aliphatic rings. The van der Waals surface area contributed by atoms with E-state index in [2.05, 4.69) is 10.3 Å². The lowest BCUT2D eigenvalue weighted by atomic mass is 10.2. The van der Waals surface area contributed by atoms with Crippen LogP contribution in [0, 0.1) is 0 Å². The van der Waals surface area contributed by atoms with Crippen molar-refractivity contribution in [2.75, 3.05) is 0 Å². The fourth-order valence-electron chi connectivity index (χ4n) is 2.09. The quantitative estimate of drug-likeness (QED) is 0.759. The molecule has 0 aliphatic carbocycles. The van der Waals surface area contributed by atoms with Crippen molar-refractivity contribution in [1.82, 2.24) is 10.3 Å². The van der Waals surface area contributed by atoms with Crippen molar-refractivity contribution in [3.8, 4) is 5.88 Å². The van der Waals surface area contributed by atoms with E-state index in [1.807, 2.05) is 42.5 Å².